The number of carbonyl (C=O) groups is 1. The number of allylic oxidation sites excluding steroid dienone is 2. The third kappa shape index (κ3) is 9.73. The number of carbonyl (C=O) groups excluding carboxylic acids is 1. The Morgan fingerprint density at radius 3 is 2.35 bits per heavy atom. The van der Waals surface area contributed by atoms with Crippen LogP contribution in [0.25, 0.3) is 0 Å². The van der Waals surface area contributed by atoms with Gasteiger partial charge in [-0.3, -0.25) is 4.79 Å². The average Bonchev–Trinajstić information content (AvgIpc) is 3.58. The maximum Gasteiger partial charge on any atom is 0.316 e. The van der Waals surface area contributed by atoms with E-state index in [2.05, 4.69) is 40.7 Å². The summed E-state index contributed by atoms with van der Waals surface area (Å²) in [6.07, 6.45) is 6.53. The third-order valence-electron chi connectivity index (χ3n) is 14.9. The predicted octanol–water partition coefficient (Wildman–Crippen LogP) is 5.60. The summed E-state index contributed by atoms with van der Waals surface area (Å²) < 4.78 is 63.9. The Labute approximate surface area is 368 Å². The van der Waals surface area contributed by atoms with Crippen molar-refractivity contribution in [1.29, 1.82) is 0 Å². The Bertz CT molecular complexity index is 1680. The number of esters is 1. The first-order chi connectivity index (χ1) is 29.5. The van der Waals surface area contributed by atoms with E-state index >= 15 is 0 Å². The predicted molar refractivity (Wildman–Crippen MR) is 227 cm³/mol. The Hall–Kier alpha value is -2.05. The largest absolute Gasteiger partial charge is 0.462 e. The van der Waals surface area contributed by atoms with Crippen LogP contribution in [0.1, 0.15) is 107 Å². The molecule has 6 aliphatic heterocycles. The van der Waals surface area contributed by atoms with Gasteiger partial charge < -0.3 is 62.7 Å². The van der Waals surface area contributed by atoms with E-state index in [4.69, 9.17) is 47.4 Å². The Balaban J connectivity index is 1.18. The number of hydrogen-bond donors (Lipinski definition) is 3. The second kappa shape index (κ2) is 19.8. The smallest absolute Gasteiger partial charge is 0.316 e. The lowest BCUT2D eigenvalue weighted by Gasteiger charge is -2.51. The van der Waals surface area contributed by atoms with Gasteiger partial charge in [0.1, 0.15) is 42.0 Å². The highest BCUT2D eigenvalue weighted by Gasteiger charge is 2.60. The molecule has 350 valence electrons. The zero-order valence-electron chi connectivity index (χ0n) is 38.5. The van der Waals surface area contributed by atoms with Crippen LogP contribution in [-0.2, 0) is 52.2 Å². The lowest BCUT2D eigenvalue weighted by molar-refractivity contribution is -0.340. The summed E-state index contributed by atoms with van der Waals surface area (Å²) in [5.41, 5.74) is 0.188. The van der Waals surface area contributed by atoms with E-state index in [1.165, 1.54) is 0 Å². The molecule has 0 radical (unpaired) electrons. The minimum Gasteiger partial charge on any atom is -0.462 e. The minimum absolute atomic E-state index is 0.00708. The number of methoxy groups -OCH3 is 2. The summed E-state index contributed by atoms with van der Waals surface area (Å²) in [6.45, 7) is 16.3. The van der Waals surface area contributed by atoms with Crippen LogP contribution in [0.4, 0.5) is 0 Å². The van der Waals surface area contributed by atoms with Gasteiger partial charge in [-0.25, -0.2) is 0 Å². The normalized spacial score (nSPS) is 49.4. The van der Waals surface area contributed by atoms with Crippen molar-refractivity contribution in [2.75, 3.05) is 20.8 Å². The quantitative estimate of drug-likeness (QED) is 0.204. The van der Waals surface area contributed by atoms with Crippen molar-refractivity contribution < 1.29 is 67.5 Å². The van der Waals surface area contributed by atoms with Crippen LogP contribution in [0.15, 0.2) is 47.1 Å². The maximum absolute atomic E-state index is 14.4. The first-order valence-electron chi connectivity index (χ1n) is 23.2. The second-order valence-corrected chi connectivity index (χ2v) is 19.4. The molecule has 6 heterocycles. The van der Waals surface area contributed by atoms with Gasteiger partial charge in [-0.2, -0.15) is 0 Å². The molecular formula is C48H74O14. The molecule has 14 heteroatoms. The molecule has 2 bridgehead atoms. The molecule has 3 N–H and O–H groups in total. The summed E-state index contributed by atoms with van der Waals surface area (Å²) >= 11 is 0. The van der Waals surface area contributed by atoms with Crippen molar-refractivity contribution in [3.63, 3.8) is 0 Å². The fourth-order valence-corrected chi connectivity index (χ4v) is 11.0. The molecular weight excluding hydrogens is 801 g/mol. The molecule has 62 heavy (non-hydrogen) atoms. The lowest BCUT2D eigenvalue weighted by Crippen LogP contribution is -2.58. The van der Waals surface area contributed by atoms with E-state index in [1.807, 2.05) is 19.1 Å². The Morgan fingerprint density at radius 2 is 1.63 bits per heavy atom. The fraction of sp³-hybridized carbons (Fsp3) is 0.812. The van der Waals surface area contributed by atoms with E-state index in [-0.39, 0.29) is 30.8 Å². The van der Waals surface area contributed by atoms with Crippen molar-refractivity contribution in [2.24, 2.45) is 23.7 Å². The van der Waals surface area contributed by atoms with Gasteiger partial charge in [-0.15, -0.1) is 0 Å². The number of hydrogen-bond acceptors (Lipinski definition) is 14. The van der Waals surface area contributed by atoms with Gasteiger partial charge in [0.15, 0.2) is 18.4 Å². The number of rotatable bonds is 8. The second-order valence-electron chi connectivity index (χ2n) is 19.4. The topological polar surface area (TPSA) is 170 Å². The molecule has 14 nitrogen and oxygen atoms in total. The van der Waals surface area contributed by atoms with Crippen molar-refractivity contribution >= 4 is 5.97 Å². The van der Waals surface area contributed by atoms with Crippen LogP contribution in [0.2, 0.25) is 0 Å². The summed E-state index contributed by atoms with van der Waals surface area (Å²) in [7, 11) is 3.23. The molecule has 20 atom stereocenters. The number of aliphatic hydroxyl groups excluding tert-OH is 2. The minimum atomic E-state index is -1.82. The summed E-state index contributed by atoms with van der Waals surface area (Å²) in [6, 6.07) is 0. The van der Waals surface area contributed by atoms with Crippen molar-refractivity contribution in [1.82, 2.24) is 0 Å². The van der Waals surface area contributed by atoms with Crippen LogP contribution in [0.5, 0.6) is 0 Å². The number of fused-ring (bicyclic) bond motifs is 2. The SMILES string of the molecule is CC[C@H](C)[C@@H]1O[C@]2(CC[C@@H]1C)C[C@H]1C[C@H](C/C=C(\C)[C@@H](O[C@@H]3C[C@H](OC)[C@H](O[C@@H]4C[C@H](OC)[C@H](O)[C@H](C)O4)[C@H](C)O3)[C@@H](C)/C=C/C=C3\CO[C@@H]4[C@@H](O)C(C)=C[C@@H](C(=O)O1)[C@]34O)O2. The first-order valence-corrected chi connectivity index (χ1v) is 23.2. The van der Waals surface area contributed by atoms with Gasteiger partial charge in [-0.1, -0.05) is 64.5 Å². The van der Waals surface area contributed by atoms with Gasteiger partial charge in [-0.05, 0) is 69.1 Å². The van der Waals surface area contributed by atoms with Crippen LogP contribution < -0.4 is 0 Å². The number of aliphatic hydroxyl groups is 3. The van der Waals surface area contributed by atoms with Crippen molar-refractivity contribution in [3.8, 4) is 0 Å². The molecule has 0 aromatic rings. The van der Waals surface area contributed by atoms with E-state index < -0.39 is 90.8 Å². The summed E-state index contributed by atoms with van der Waals surface area (Å²) in [5.74, 6) is -2.10. The van der Waals surface area contributed by atoms with E-state index in [9.17, 15) is 20.1 Å². The van der Waals surface area contributed by atoms with Gasteiger partial charge in [0, 0.05) is 52.2 Å². The molecule has 0 aromatic carbocycles. The summed E-state index contributed by atoms with van der Waals surface area (Å²) in [5, 5.41) is 34.2. The summed E-state index contributed by atoms with van der Waals surface area (Å²) in [4.78, 5) is 14.4. The molecule has 7 rings (SSSR count). The van der Waals surface area contributed by atoms with Crippen LogP contribution in [0, 0.1) is 23.7 Å². The van der Waals surface area contributed by atoms with Crippen LogP contribution >= 0.6 is 0 Å². The molecule has 0 aromatic heterocycles. The molecule has 1 spiro atoms. The molecule has 0 unspecified atom stereocenters. The van der Waals surface area contributed by atoms with E-state index in [1.54, 1.807) is 40.2 Å². The molecule has 0 saturated carbocycles. The first kappa shape index (κ1) is 47.9. The fourth-order valence-electron chi connectivity index (χ4n) is 11.0. The van der Waals surface area contributed by atoms with Gasteiger partial charge >= 0.3 is 5.97 Å². The standard InChI is InChI=1S/C48H74O14/c1-11-25(2)43-28(5)17-18-47(62-43)23-34-20-33(61-47)16-15-27(4)42(26(3)13-12-14-32-24-55-45-40(49)29(6)19-35(46(51)58-34)48(32,45)52)59-39-22-37(54-10)44(31(8)57-39)60-38-21-36(53-9)41(50)30(7)56-38/h12-15,19,25-26,28,30-31,33-45,49-50,52H,11,16-18,20-24H2,1-10H3/b13-12+,27-15+,32-14+/t25-,26-,28-,30-,31-,33-,34+,35-,36-,37-,38+,39+,40-,41+,42-,43-,44+,45+,47+,48+/m0/s1. The van der Waals surface area contributed by atoms with Gasteiger partial charge in [0.25, 0.3) is 0 Å². The van der Waals surface area contributed by atoms with Crippen LogP contribution in [-0.4, -0.2) is 139 Å². The lowest BCUT2D eigenvalue weighted by atomic mass is 9.71. The van der Waals surface area contributed by atoms with Crippen molar-refractivity contribution in [2.45, 2.75) is 204 Å². The monoisotopic (exact) mass is 875 g/mol. The molecule has 7 aliphatic rings. The third-order valence-corrected chi connectivity index (χ3v) is 14.9. The molecule has 5 fully saturated rings. The molecule has 5 saturated heterocycles. The zero-order chi connectivity index (χ0) is 44.7. The van der Waals surface area contributed by atoms with E-state index in [0.717, 1.165) is 18.4 Å². The van der Waals surface area contributed by atoms with Crippen molar-refractivity contribution in [3.05, 3.63) is 47.1 Å². The average molecular weight is 875 g/mol. The highest BCUT2D eigenvalue weighted by atomic mass is 16.7. The zero-order valence-corrected chi connectivity index (χ0v) is 38.5. The van der Waals surface area contributed by atoms with Gasteiger partial charge in [0.2, 0.25) is 0 Å². The van der Waals surface area contributed by atoms with Gasteiger partial charge in [0.05, 0.1) is 49.3 Å². The maximum atomic E-state index is 14.4. The van der Waals surface area contributed by atoms with Crippen LogP contribution in [0.3, 0.4) is 0 Å². The Kier molecular flexibility index (Phi) is 15.3. The Morgan fingerprint density at radius 1 is 0.919 bits per heavy atom. The highest BCUT2D eigenvalue weighted by Crippen LogP contribution is 2.48. The molecule has 1 aliphatic carbocycles. The molecule has 0 amide bonds. The highest BCUT2D eigenvalue weighted by molar-refractivity contribution is 5.78. The number of ether oxygens (including phenoxy) is 10. The van der Waals surface area contributed by atoms with E-state index in [0.29, 0.717) is 61.5 Å².